The zero-order chi connectivity index (χ0) is 28.0. The first-order valence-corrected chi connectivity index (χ1v) is 13.7. The normalized spacial score (nSPS) is 11.2. The summed E-state index contributed by atoms with van der Waals surface area (Å²) >= 11 is 0. The van der Waals surface area contributed by atoms with Crippen LogP contribution in [0.4, 0.5) is 9.59 Å². The van der Waals surface area contributed by atoms with Gasteiger partial charge in [-0.15, -0.1) is 0 Å². The summed E-state index contributed by atoms with van der Waals surface area (Å²) in [4.78, 5) is 43.0. The van der Waals surface area contributed by atoms with Crippen LogP contribution >= 0.6 is 0 Å². The molecular formula is C26H54N2O8Zn. The Morgan fingerprint density at radius 3 is 1.00 bits per heavy atom. The van der Waals surface area contributed by atoms with Gasteiger partial charge in [0.05, 0.1) is 24.4 Å². The van der Waals surface area contributed by atoms with Gasteiger partial charge in [-0.25, -0.2) is 28.9 Å². The molecule has 0 aliphatic heterocycles. The van der Waals surface area contributed by atoms with Crippen molar-refractivity contribution in [1.29, 1.82) is 0 Å². The third-order valence-electron chi connectivity index (χ3n) is 5.65. The predicted molar refractivity (Wildman–Crippen MR) is 140 cm³/mol. The van der Waals surface area contributed by atoms with Crippen LogP contribution in [0, 0.1) is 0 Å². The van der Waals surface area contributed by atoms with Crippen LogP contribution in [0.3, 0.4) is 0 Å². The molecule has 0 bridgehead atoms. The number of nitrogens with zero attached hydrogens (tertiary/aromatic N) is 2. The van der Waals surface area contributed by atoms with Crippen LogP contribution in [0.2, 0.25) is 0 Å². The van der Waals surface area contributed by atoms with Gasteiger partial charge in [0.1, 0.15) is 0 Å². The SMILES string of the molecule is CCCCC(C)(CCCC)ON(OCC)C(=O)O.CCCCC(C)(CCCC)ON(OCC)C(=O)O.[Zn]. The third-order valence-corrected chi connectivity index (χ3v) is 5.65. The summed E-state index contributed by atoms with van der Waals surface area (Å²) in [5, 5.41) is 19.2. The van der Waals surface area contributed by atoms with E-state index in [4.69, 9.17) is 29.6 Å². The summed E-state index contributed by atoms with van der Waals surface area (Å²) in [7, 11) is 0. The van der Waals surface area contributed by atoms with E-state index in [0.717, 1.165) is 77.0 Å². The number of rotatable bonds is 20. The molecular weight excluding hydrogens is 534 g/mol. The van der Waals surface area contributed by atoms with E-state index in [-0.39, 0.29) is 32.7 Å². The molecule has 2 N–H and O–H groups in total. The van der Waals surface area contributed by atoms with Gasteiger partial charge >= 0.3 is 12.2 Å². The van der Waals surface area contributed by atoms with E-state index in [0.29, 0.717) is 10.5 Å². The standard InChI is InChI=1S/2C13H27NO4.Zn/c2*1-5-8-10-13(4,11-9-6-2)18-14(12(15)16)17-7-3;/h2*5-11H2,1-4H3,(H,15,16);. The van der Waals surface area contributed by atoms with E-state index >= 15 is 0 Å². The number of unbranched alkanes of at least 4 members (excludes halogenated alkanes) is 4. The van der Waals surface area contributed by atoms with E-state index in [1.807, 2.05) is 13.8 Å². The smallest absolute Gasteiger partial charge is 0.457 e. The number of amides is 2. The average Bonchev–Trinajstić information content (AvgIpc) is 2.84. The molecule has 0 aromatic carbocycles. The Hall–Kier alpha value is -0.997. The summed E-state index contributed by atoms with van der Waals surface area (Å²) in [6, 6.07) is 0. The summed E-state index contributed by atoms with van der Waals surface area (Å²) in [6.45, 7) is 16.3. The zero-order valence-corrected chi connectivity index (χ0v) is 27.8. The van der Waals surface area contributed by atoms with E-state index in [9.17, 15) is 9.59 Å². The van der Waals surface area contributed by atoms with Gasteiger partial charge in [-0.05, 0) is 63.8 Å². The van der Waals surface area contributed by atoms with Crippen LogP contribution in [0.15, 0.2) is 0 Å². The fourth-order valence-electron chi connectivity index (χ4n) is 3.51. The number of hydrogen-bond donors (Lipinski definition) is 2. The monoisotopic (exact) mass is 586 g/mol. The first kappa shape index (κ1) is 40.5. The minimum atomic E-state index is -1.21. The zero-order valence-electron chi connectivity index (χ0n) is 24.8. The second kappa shape index (κ2) is 24.1. The molecule has 0 aromatic rings. The molecule has 2 amide bonds. The minimum Gasteiger partial charge on any atom is -0.462 e. The van der Waals surface area contributed by atoms with E-state index < -0.39 is 23.4 Å². The molecule has 0 atom stereocenters. The Kier molecular flexibility index (Phi) is 26.3. The van der Waals surface area contributed by atoms with E-state index in [1.54, 1.807) is 13.8 Å². The summed E-state index contributed by atoms with van der Waals surface area (Å²) in [5.41, 5.74) is -0.945. The van der Waals surface area contributed by atoms with Crippen molar-refractivity contribution in [2.75, 3.05) is 13.2 Å². The molecule has 37 heavy (non-hydrogen) atoms. The van der Waals surface area contributed by atoms with Crippen molar-refractivity contribution in [3.05, 3.63) is 0 Å². The molecule has 218 valence electrons. The van der Waals surface area contributed by atoms with Crippen molar-refractivity contribution < 1.29 is 58.6 Å². The summed E-state index contributed by atoms with van der Waals surface area (Å²) in [5.74, 6) is 0. The van der Waals surface area contributed by atoms with Crippen molar-refractivity contribution >= 4 is 12.2 Å². The van der Waals surface area contributed by atoms with Gasteiger partial charge in [0, 0.05) is 19.5 Å². The molecule has 0 fully saturated rings. The van der Waals surface area contributed by atoms with Gasteiger partial charge in [0.25, 0.3) is 0 Å². The molecule has 0 aliphatic rings. The van der Waals surface area contributed by atoms with Crippen molar-refractivity contribution in [1.82, 2.24) is 10.5 Å². The molecule has 0 unspecified atom stereocenters. The van der Waals surface area contributed by atoms with Crippen molar-refractivity contribution in [3.8, 4) is 0 Å². The van der Waals surface area contributed by atoms with Crippen LogP contribution in [0.1, 0.15) is 132 Å². The van der Waals surface area contributed by atoms with Gasteiger partial charge in [-0.2, -0.15) is 0 Å². The van der Waals surface area contributed by atoms with Crippen LogP contribution < -0.4 is 0 Å². The fourth-order valence-corrected chi connectivity index (χ4v) is 3.51. The minimum absolute atomic E-state index is 0. The molecule has 0 radical (unpaired) electrons. The Morgan fingerprint density at radius 2 is 0.838 bits per heavy atom. The second-order valence-electron chi connectivity index (χ2n) is 9.41. The third kappa shape index (κ3) is 20.6. The molecule has 0 rings (SSSR count). The fraction of sp³-hybridized carbons (Fsp3) is 0.923. The largest absolute Gasteiger partial charge is 0.462 e. The molecule has 0 heterocycles. The maximum atomic E-state index is 11.0. The summed E-state index contributed by atoms with van der Waals surface area (Å²) in [6.07, 6.45) is 9.21. The average molecular weight is 588 g/mol. The van der Waals surface area contributed by atoms with E-state index in [1.165, 1.54) is 0 Å². The molecule has 0 saturated carbocycles. The number of carbonyl (C=O) groups is 2. The van der Waals surface area contributed by atoms with Crippen LogP contribution in [-0.2, 0) is 38.8 Å². The molecule has 0 saturated heterocycles. The topological polar surface area (TPSA) is 118 Å². The Labute approximate surface area is 237 Å². The van der Waals surface area contributed by atoms with Crippen molar-refractivity contribution in [2.45, 2.75) is 144 Å². The van der Waals surface area contributed by atoms with Gasteiger partial charge in [-0.3, -0.25) is 0 Å². The van der Waals surface area contributed by atoms with Gasteiger partial charge < -0.3 is 10.2 Å². The van der Waals surface area contributed by atoms with Gasteiger partial charge in [-0.1, -0.05) is 79.1 Å². The quantitative estimate of drug-likeness (QED) is 0.109. The molecule has 11 heteroatoms. The first-order chi connectivity index (χ1) is 17.0. The second-order valence-corrected chi connectivity index (χ2v) is 9.41. The Morgan fingerprint density at radius 1 is 0.595 bits per heavy atom. The summed E-state index contributed by atoms with van der Waals surface area (Å²) < 4.78 is 0. The van der Waals surface area contributed by atoms with Crippen LogP contribution in [0.25, 0.3) is 0 Å². The number of hydrogen-bond acceptors (Lipinski definition) is 6. The van der Waals surface area contributed by atoms with Crippen molar-refractivity contribution in [3.63, 3.8) is 0 Å². The van der Waals surface area contributed by atoms with Crippen LogP contribution in [0.5, 0.6) is 0 Å². The molecule has 10 nitrogen and oxygen atoms in total. The predicted octanol–water partition coefficient (Wildman–Crippen LogP) is 7.97. The maximum Gasteiger partial charge on any atom is 0.457 e. The van der Waals surface area contributed by atoms with E-state index in [2.05, 4.69) is 27.7 Å². The molecule has 0 aromatic heterocycles. The Balaban J connectivity index is -0.000000608. The molecule has 0 spiro atoms. The molecule has 0 aliphatic carbocycles. The van der Waals surface area contributed by atoms with Gasteiger partial charge in [0.2, 0.25) is 0 Å². The van der Waals surface area contributed by atoms with Crippen LogP contribution in [-0.4, -0.2) is 57.3 Å². The van der Waals surface area contributed by atoms with Crippen molar-refractivity contribution in [2.24, 2.45) is 0 Å². The number of carboxylic acid groups (broad SMARTS) is 2. The number of hydroxylamine groups is 4. The van der Waals surface area contributed by atoms with Gasteiger partial charge in [0.15, 0.2) is 0 Å². The first-order valence-electron chi connectivity index (χ1n) is 13.7. The Bertz CT molecular complexity index is 505. The maximum absolute atomic E-state index is 11.0.